The minimum Gasteiger partial charge on any atom is -0.481 e. The number of rotatable bonds is 10. The van der Waals surface area contributed by atoms with Crippen LogP contribution in [-0.2, 0) is 14.3 Å². The molecule has 1 unspecified atom stereocenters. The number of carbonyl (C=O) groups excluding carboxylic acids is 1. The molecule has 1 aromatic rings. The molecule has 0 aliphatic carbocycles. The molecule has 0 fully saturated rings. The van der Waals surface area contributed by atoms with Crippen molar-refractivity contribution in [3.8, 4) is 0 Å². The summed E-state index contributed by atoms with van der Waals surface area (Å²) in [7, 11) is 0. The van der Waals surface area contributed by atoms with E-state index in [1.807, 2.05) is 18.3 Å². The van der Waals surface area contributed by atoms with Crippen LogP contribution in [0.15, 0.2) is 24.5 Å². The minimum absolute atomic E-state index is 0.217. The summed E-state index contributed by atoms with van der Waals surface area (Å²) in [5.41, 5.74) is 6.60. The Hall–Kier alpha value is -1.95. The molecule has 1 rings (SSSR count). The monoisotopic (exact) mass is 294 g/mol. The standard InChI is InChI=1S/C15H22N2O4/c16-7-2-1-4-12(13-5-3-8-17-11-13)6-9-21-15(20)10-14(18)19/h3,5,8,11-12H,1-2,4,6-7,9-10,16H2,(H,18,19). The van der Waals surface area contributed by atoms with Crippen molar-refractivity contribution in [1.29, 1.82) is 0 Å². The van der Waals surface area contributed by atoms with Crippen LogP contribution in [0.5, 0.6) is 0 Å². The predicted molar refractivity (Wildman–Crippen MR) is 77.7 cm³/mol. The highest BCUT2D eigenvalue weighted by molar-refractivity contribution is 5.90. The fraction of sp³-hybridized carbons (Fsp3) is 0.533. The Morgan fingerprint density at radius 3 is 2.76 bits per heavy atom. The van der Waals surface area contributed by atoms with Gasteiger partial charge in [0.05, 0.1) is 6.61 Å². The number of hydrogen-bond donors (Lipinski definition) is 2. The van der Waals surface area contributed by atoms with E-state index in [0.29, 0.717) is 13.0 Å². The number of nitrogens with zero attached hydrogens (tertiary/aromatic N) is 1. The van der Waals surface area contributed by atoms with Crippen LogP contribution in [0.2, 0.25) is 0 Å². The normalized spacial score (nSPS) is 11.9. The number of aromatic nitrogens is 1. The van der Waals surface area contributed by atoms with Crippen LogP contribution in [0, 0.1) is 0 Å². The summed E-state index contributed by atoms with van der Waals surface area (Å²) in [6.45, 7) is 0.877. The summed E-state index contributed by atoms with van der Waals surface area (Å²) in [4.78, 5) is 25.7. The Morgan fingerprint density at radius 1 is 1.33 bits per heavy atom. The van der Waals surface area contributed by atoms with Gasteiger partial charge in [-0.3, -0.25) is 14.6 Å². The Bertz CT molecular complexity index is 437. The van der Waals surface area contributed by atoms with E-state index in [4.69, 9.17) is 15.6 Å². The van der Waals surface area contributed by atoms with E-state index >= 15 is 0 Å². The van der Waals surface area contributed by atoms with Crippen molar-refractivity contribution in [2.24, 2.45) is 5.73 Å². The van der Waals surface area contributed by atoms with Crippen molar-refractivity contribution in [3.63, 3.8) is 0 Å². The zero-order valence-electron chi connectivity index (χ0n) is 12.0. The van der Waals surface area contributed by atoms with E-state index in [-0.39, 0.29) is 12.5 Å². The molecule has 0 aliphatic rings. The van der Waals surface area contributed by atoms with Crippen LogP contribution >= 0.6 is 0 Å². The zero-order chi connectivity index (χ0) is 15.5. The van der Waals surface area contributed by atoms with Gasteiger partial charge in [0, 0.05) is 12.4 Å². The third kappa shape index (κ3) is 7.41. The SMILES string of the molecule is NCCCCC(CCOC(=O)CC(=O)O)c1cccnc1. The first-order valence-corrected chi connectivity index (χ1v) is 7.11. The maximum absolute atomic E-state index is 11.2. The topological polar surface area (TPSA) is 103 Å². The second-order valence-corrected chi connectivity index (χ2v) is 4.85. The number of carboxylic acid groups (broad SMARTS) is 1. The van der Waals surface area contributed by atoms with Gasteiger partial charge in [0.1, 0.15) is 6.42 Å². The van der Waals surface area contributed by atoms with Gasteiger partial charge in [-0.2, -0.15) is 0 Å². The number of nitrogens with two attached hydrogens (primary N) is 1. The molecule has 0 spiro atoms. The molecule has 6 heteroatoms. The molecule has 0 bridgehead atoms. The Kier molecular flexibility index (Phi) is 8.04. The van der Waals surface area contributed by atoms with Crippen molar-refractivity contribution in [2.75, 3.05) is 13.2 Å². The number of aliphatic carboxylic acids is 1. The molecule has 1 heterocycles. The predicted octanol–water partition coefficient (Wildman–Crippen LogP) is 1.70. The van der Waals surface area contributed by atoms with E-state index < -0.39 is 18.4 Å². The summed E-state index contributed by atoms with van der Waals surface area (Å²) in [6, 6.07) is 3.88. The number of unbranched alkanes of at least 4 members (excludes halogenated alkanes) is 1. The van der Waals surface area contributed by atoms with Crippen LogP contribution in [0.1, 0.15) is 43.6 Å². The van der Waals surface area contributed by atoms with Gasteiger partial charge >= 0.3 is 11.9 Å². The highest BCUT2D eigenvalue weighted by atomic mass is 16.5. The average Bonchev–Trinajstić information content (AvgIpc) is 2.46. The van der Waals surface area contributed by atoms with E-state index in [2.05, 4.69) is 4.98 Å². The molecule has 0 saturated carbocycles. The summed E-state index contributed by atoms with van der Waals surface area (Å²) >= 11 is 0. The highest BCUT2D eigenvalue weighted by Crippen LogP contribution is 2.24. The molecule has 0 amide bonds. The summed E-state index contributed by atoms with van der Waals surface area (Å²) < 4.78 is 4.95. The molecular formula is C15H22N2O4. The molecule has 116 valence electrons. The zero-order valence-corrected chi connectivity index (χ0v) is 12.0. The van der Waals surface area contributed by atoms with Crippen molar-refractivity contribution in [1.82, 2.24) is 4.98 Å². The van der Waals surface area contributed by atoms with E-state index in [0.717, 1.165) is 24.8 Å². The maximum Gasteiger partial charge on any atom is 0.317 e. The Morgan fingerprint density at radius 2 is 2.14 bits per heavy atom. The smallest absolute Gasteiger partial charge is 0.317 e. The largest absolute Gasteiger partial charge is 0.481 e. The van der Waals surface area contributed by atoms with E-state index in [1.54, 1.807) is 6.20 Å². The van der Waals surface area contributed by atoms with Gasteiger partial charge in [-0.05, 0) is 43.4 Å². The third-order valence-corrected chi connectivity index (χ3v) is 3.19. The lowest BCUT2D eigenvalue weighted by Crippen LogP contribution is -2.13. The number of ether oxygens (including phenoxy) is 1. The first-order chi connectivity index (χ1) is 10.1. The first kappa shape index (κ1) is 17.1. The molecule has 3 N–H and O–H groups in total. The number of esters is 1. The molecule has 6 nitrogen and oxygen atoms in total. The number of pyridine rings is 1. The quantitative estimate of drug-likeness (QED) is 0.387. The van der Waals surface area contributed by atoms with Crippen molar-refractivity contribution >= 4 is 11.9 Å². The fourth-order valence-electron chi connectivity index (χ4n) is 2.12. The Balaban J connectivity index is 2.46. The van der Waals surface area contributed by atoms with Crippen LogP contribution < -0.4 is 5.73 Å². The van der Waals surface area contributed by atoms with Crippen LogP contribution in [0.25, 0.3) is 0 Å². The molecule has 21 heavy (non-hydrogen) atoms. The first-order valence-electron chi connectivity index (χ1n) is 7.11. The van der Waals surface area contributed by atoms with Crippen molar-refractivity contribution in [2.45, 2.75) is 38.0 Å². The molecule has 0 saturated heterocycles. The summed E-state index contributed by atoms with van der Waals surface area (Å²) in [5.74, 6) is -1.64. The van der Waals surface area contributed by atoms with E-state index in [1.165, 1.54) is 0 Å². The summed E-state index contributed by atoms with van der Waals surface area (Å²) in [5, 5.41) is 8.49. The van der Waals surface area contributed by atoms with Gasteiger partial charge in [-0.1, -0.05) is 12.5 Å². The molecule has 0 aliphatic heterocycles. The lowest BCUT2D eigenvalue weighted by Gasteiger charge is -2.16. The van der Waals surface area contributed by atoms with Gasteiger partial charge in [0.25, 0.3) is 0 Å². The lowest BCUT2D eigenvalue weighted by molar-refractivity contribution is -0.151. The van der Waals surface area contributed by atoms with E-state index in [9.17, 15) is 9.59 Å². The lowest BCUT2D eigenvalue weighted by atomic mass is 9.92. The number of hydrogen-bond acceptors (Lipinski definition) is 5. The minimum atomic E-state index is -1.17. The second kappa shape index (κ2) is 9.88. The van der Waals surface area contributed by atoms with Crippen LogP contribution in [-0.4, -0.2) is 35.2 Å². The summed E-state index contributed by atoms with van der Waals surface area (Å²) in [6.07, 6.45) is 6.49. The third-order valence-electron chi connectivity index (χ3n) is 3.19. The maximum atomic E-state index is 11.2. The fourth-order valence-corrected chi connectivity index (χ4v) is 2.12. The Labute approximate surface area is 124 Å². The molecule has 0 aromatic carbocycles. The second-order valence-electron chi connectivity index (χ2n) is 4.85. The molecule has 1 atom stereocenters. The van der Waals surface area contributed by atoms with Gasteiger partial charge in [0.15, 0.2) is 0 Å². The van der Waals surface area contributed by atoms with Crippen molar-refractivity contribution in [3.05, 3.63) is 30.1 Å². The molecule has 1 aromatic heterocycles. The average molecular weight is 294 g/mol. The van der Waals surface area contributed by atoms with Gasteiger partial charge < -0.3 is 15.6 Å². The molecular weight excluding hydrogens is 272 g/mol. The van der Waals surface area contributed by atoms with Crippen LogP contribution in [0.4, 0.5) is 0 Å². The van der Waals surface area contributed by atoms with Crippen LogP contribution in [0.3, 0.4) is 0 Å². The van der Waals surface area contributed by atoms with Gasteiger partial charge in [0.2, 0.25) is 0 Å². The number of carbonyl (C=O) groups is 2. The van der Waals surface area contributed by atoms with Gasteiger partial charge in [-0.25, -0.2) is 0 Å². The highest BCUT2D eigenvalue weighted by Gasteiger charge is 2.14. The van der Waals surface area contributed by atoms with Crippen molar-refractivity contribution < 1.29 is 19.4 Å². The molecule has 0 radical (unpaired) electrons. The number of carboxylic acids is 1. The van der Waals surface area contributed by atoms with Gasteiger partial charge in [-0.15, -0.1) is 0 Å².